The van der Waals surface area contributed by atoms with Gasteiger partial charge < -0.3 is 14.7 Å². The molecule has 1 saturated heterocycles. The van der Waals surface area contributed by atoms with Crippen LogP contribution in [0.4, 0.5) is 5.69 Å². The summed E-state index contributed by atoms with van der Waals surface area (Å²) in [6.45, 7) is 4.53. The van der Waals surface area contributed by atoms with Crippen LogP contribution in [-0.4, -0.2) is 36.9 Å². The lowest BCUT2D eigenvalue weighted by Gasteiger charge is -2.35. The van der Waals surface area contributed by atoms with Crippen LogP contribution in [0.1, 0.15) is 18.9 Å². The molecular formula is C15H19NO3. The summed E-state index contributed by atoms with van der Waals surface area (Å²) in [5.74, 6) is -0.928. The highest BCUT2D eigenvalue weighted by Gasteiger charge is 2.20. The van der Waals surface area contributed by atoms with E-state index in [1.165, 1.54) is 6.08 Å². The number of carboxylic acid groups (broad SMARTS) is 1. The molecule has 1 aliphatic heterocycles. The summed E-state index contributed by atoms with van der Waals surface area (Å²) < 4.78 is 5.66. The summed E-state index contributed by atoms with van der Waals surface area (Å²) in [6, 6.07) is 7.86. The zero-order valence-electron chi connectivity index (χ0n) is 11.1. The van der Waals surface area contributed by atoms with Gasteiger partial charge in [0.2, 0.25) is 0 Å². The molecule has 1 unspecified atom stereocenters. The molecule has 1 N–H and O–H groups in total. The molecule has 2 rings (SSSR count). The van der Waals surface area contributed by atoms with Crippen molar-refractivity contribution in [2.24, 2.45) is 0 Å². The summed E-state index contributed by atoms with van der Waals surface area (Å²) in [5, 5.41) is 8.74. The van der Waals surface area contributed by atoms with Gasteiger partial charge in [-0.05, 0) is 24.1 Å². The van der Waals surface area contributed by atoms with E-state index in [1.54, 1.807) is 6.08 Å². The number of morpholine rings is 1. The van der Waals surface area contributed by atoms with Gasteiger partial charge in [-0.1, -0.05) is 25.1 Å². The number of para-hydroxylation sites is 1. The number of nitrogens with zero attached hydrogens (tertiary/aromatic N) is 1. The van der Waals surface area contributed by atoms with Gasteiger partial charge >= 0.3 is 5.97 Å². The van der Waals surface area contributed by atoms with Gasteiger partial charge in [-0.25, -0.2) is 4.79 Å². The van der Waals surface area contributed by atoms with E-state index in [2.05, 4.69) is 11.8 Å². The van der Waals surface area contributed by atoms with Crippen LogP contribution in [0.25, 0.3) is 6.08 Å². The highest BCUT2D eigenvalue weighted by atomic mass is 16.5. The topological polar surface area (TPSA) is 49.8 Å². The highest BCUT2D eigenvalue weighted by molar-refractivity contribution is 5.87. The van der Waals surface area contributed by atoms with Crippen molar-refractivity contribution >= 4 is 17.7 Å². The number of ether oxygens (including phenoxy) is 1. The zero-order valence-corrected chi connectivity index (χ0v) is 11.1. The van der Waals surface area contributed by atoms with Crippen LogP contribution in [0, 0.1) is 0 Å². The van der Waals surface area contributed by atoms with Crippen LogP contribution in [0.15, 0.2) is 30.3 Å². The molecule has 1 fully saturated rings. The van der Waals surface area contributed by atoms with Gasteiger partial charge in [0, 0.05) is 24.9 Å². The molecule has 1 aliphatic rings. The molecule has 0 saturated carbocycles. The third-order valence-electron chi connectivity index (χ3n) is 3.28. The lowest BCUT2D eigenvalue weighted by Crippen LogP contribution is -2.42. The van der Waals surface area contributed by atoms with E-state index >= 15 is 0 Å². The number of aliphatic carboxylic acids is 1. The Kier molecular flexibility index (Phi) is 4.58. The van der Waals surface area contributed by atoms with Gasteiger partial charge in [-0.15, -0.1) is 0 Å². The predicted molar refractivity (Wildman–Crippen MR) is 75.4 cm³/mol. The molecule has 1 heterocycles. The lowest BCUT2D eigenvalue weighted by molar-refractivity contribution is -0.131. The molecule has 0 aliphatic carbocycles. The normalized spacial score (nSPS) is 19.8. The molecule has 0 radical (unpaired) electrons. The van der Waals surface area contributed by atoms with Crippen LogP contribution in [0.2, 0.25) is 0 Å². The fourth-order valence-corrected chi connectivity index (χ4v) is 2.26. The maximum atomic E-state index is 10.6. The number of carboxylic acids is 1. The van der Waals surface area contributed by atoms with E-state index in [0.717, 1.165) is 37.4 Å². The Balaban J connectivity index is 2.21. The molecule has 0 spiro atoms. The fourth-order valence-electron chi connectivity index (χ4n) is 2.26. The molecule has 1 aromatic rings. The van der Waals surface area contributed by atoms with Crippen molar-refractivity contribution < 1.29 is 14.6 Å². The molecule has 0 bridgehead atoms. The number of anilines is 1. The molecule has 4 heteroatoms. The Hall–Kier alpha value is -1.81. The van der Waals surface area contributed by atoms with Crippen molar-refractivity contribution in [2.45, 2.75) is 19.4 Å². The molecule has 0 amide bonds. The first-order chi connectivity index (χ1) is 9.20. The minimum atomic E-state index is -0.928. The van der Waals surface area contributed by atoms with Crippen molar-refractivity contribution in [1.29, 1.82) is 0 Å². The van der Waals surface area contributed by atoms with Gasteiger partial charge in [-0.2, -0.15) is 0 Å². The van der Waals surface area contributed by atoms with Crippen molar-refractivity contribution in [3.05, 3.63) is 35.9 Å². The predicted octanol–water partition coefficient (Wildman–Crippen LogP) is 2.40. The molecular weight excluding hydrogens is 242 g/mol. The first kappa shape index (κ1) is 13.6. The third kappa shape index (κ3) is 3.58. The van der Waals surface area contributed by atoms with Crippen LogP contribution < -0.4 is 4.90 Å². The fraction of sp³-hybridized carbons (Fsp3) is 0.400. The smallest absolute Gasteiger partial charge is 0.328 e. The standard InChI is InChI=1S/C15H19NO3/c1-2-13-11-16(9-10-19-13)14-6-4-3-5-12(14)7-8-15(17)18/h3-8,13H,2,9-11H2,1H3,(H,17,18)/b8-7+. The van der Waals surface area contributed by atoms with Crippen LogP contribution in [0.5, 0.6) is 0 Å². The maximum Gasteiger partial charge on any atom is 0.328 e. The quantitative estimate of drug-likeness (QED) is 0.846. The van der Waals surface area contributed by atoms with E-state index in [4.69, 9.17) is 9.84 Å². The number of rotatable bonds is 4. The van der Waals surface area contributed by atoms with Crippen LogP contribution >= 0.6 is 0 Å². The van der Waals surface area contributed by atoms with Gasteiger partial charge in [0.05, 0.1) is 12.7 Å². The Labute approximate surface area is 113 Å². The lowest BCUT2D eigenvalue weighted by atomic mass is 10.1. The van der Waals surface area contributed by atoms with Crippen molar-refractivity contribution in [1.82, 2.24) is 0 Å². The largest absolute Gasteiger partial charge is 0.478 e. The summed E-state index contributed by atoms with van der Waals surface area (Å²) in [6.07, 6.45) is 4.07. The Morgan fingerprint density at radius 3 is 3.05 bits per heavy atom. The van der Waals surface area contributed by atoms with Gasteiger partial charge in [0.25, 0.3) is 0 Å². The second kappa shape index (κ2) is 6.38. The van der Waals surface area contributed by atoms with Crippen molar-refractivity contribution in [2.75, 3.05) is 24.6 Å². The SMILES string of the molecule is CCC1CN(c2ccccc2/C=C/C(=O)O)CCO1. The maximum absolute atomic E-state index is 10.6. The van der Waals surface area contributed by atoms with Crippen LogP contribution in [-0.2, 0) is 9.53 Å². The molecule has 0 aromatic heterocycles. The Morgan fingerprint density at radius 1 is 1.53 bits per heavy atom. The zero-order chi connectivity index (χ0) is 13.7. The van der Waals surface area contributed by atoms with Gasteiger partial charge in [-0.3, -0.25) is 0 Å². The number of benzene rings is 1. The number of carbonyl (C=O) groups is 1. The van der Waals surface area contributed by atoms with Crippen molar-refractivity contribution in [3.63, 3.8) is 0 Å². The summed E-state index contributed by atoms with van der Waals surface area (Å²) >= 11 is 0. The number of hydrogen-bond donors (Lipinski definition) is 1. The molecule has 19 heavy (non-hydrogen) atoms. The van der Waals surface area contributed by atoms with E-state index in [-0.39, 0.29) is 6.10 Å². The third-order valence-corrected chi connectivity index (χ3v) is 3.28. The molecule has 1 atom stereocenters. The summed E-state index contributed by atoms with van der Waals surface area (Å²) in [7, 11) is 0. The van der Waals surface area contributed by atoms with E-state index in [0.29, 0.717) is 0 Å². The molecule has 4 nitrogen and oxygen atoms in total. The van der Waals surface area contributed by atoms with E-state index in [1.807, 2.05) is 24.3 Å². The molecule has 102 valence electrons. The average Bonchev–Trinajstić information content (AvgIpc) is 2.45. The minimum absolute atomic E-state index is 0.255. The van der Waals surface area contributed by atoms with E-state index in [9.17, 15) is 4.79 Å². The van der Waals surface area contributed by atoms with E-state index < -0.39 is 5.97 Å². The Morgan fingerprint density at radius 2 is 2.32 bits per heavy atom. The van der Waals surface area contributed by atoms with Crippen molar-refractivity contribution in [3.8, 4) is 0 Å². The second-order valence-corrected chi connectivity index (χ2v) is 4.58. The molecule has 1 aromatic carbocycles. The highest BCUT2D eigenvalue weighted by Crippen LogP contribution is 2.24. The number of hydrogen-bond acceptors (Lipinski definition) is 3. The summed E-state index contributed by atoms with van der Waals surface area (Å²) in [5.41, 5.74) is 2.00. The van der Waals surface area contributed by atoms with Gasteiger partial charge in [0.15, 0.2) is 0 Å². The monoisotopic (exact) mass is 261 g/mol. The minimum Gasteiger partial charge on any atom is -0.478 e. The van der Waals surface area contributed by atoms with Gasteiger partial charge in [0.1, 0.15) is 0 Å². The first-order valence-corrected chi connectivity index (χ1v) is 6.57. The summed E-state index contributed by atoms with van der Waals surface area (Å²) in [4.78, 5) is 12.9. The Bertz CT molecular complexity index is 470. The average molecular weight is 261 g/mol. The van der Waals surface area contributed by atoms with Crippen LogP contribution in [0.3, 0.4) is 0 Å². The first-order valence-electron chi connectivity index (χ1n) is 6.57. The second-order valence-electron chi connectivity index (χ2n) is 4.58.